The van der Waals surface area contributed by atoms with Gasteiger partial charge in [0.25, 0.3) is 0 Å². The van der Waals surface area contributed by atoms with Crippen LogP contribution in [0.1, 0.15) is 24.5 Å². The Morgan fingerprint density at radius 1 is 1.37 bits per heavy atom. The molecule has 4 heteroatoms. The van der Waals surface area contributed by atoms with Gasteiger partial charge in [0, 0.05) is 38.2 Å². The number of benzene rings is 1. The highest BCUT2D eigenvalue weighted by Crippen LogP contribution is 2.22. The maximum atomic E-state index is 12.0. The molecule has 1 N–H and O–H groups in total. The minimum atomic E-state index is 0.217. The second kappa shape index (κ2) is 6.57. The van der Waals surface area contributed by atoms with Crippen molar-refractivity contribution in [2.45, 2.75) is 26.3 Å². The smallest absolute Gasteiger partial charge is 0.224 e. The topological polar surface area (TPSA) is 41.6 Å². The summed E-state index contributed by atoms with van der Waals surface area (Å²) in [5, 5.41) is 3.25. The molecule has 0 atom stereocenters. The van der Waals surface area contributed by atoms with Gasteiger partial charge in [-0.25, -0.2) is 0 Å². The molecule has 2 rings (SSSR count). The molecule has 1 heterocycles. The summed E-state index contributed by atoms with van der Waals surface area (Å²) < 4.78 is 5.40. The van der Waals surface area contributed by atoms with Crippen molar-refractivity contribution in [2.24, 2.45) is 0 Å². The lowest BCUT2D eigenvalue weighted by Crippen LogP contribution is -2.32. The van der Waals surface area contributed by atoms with E-state index in [0.29, 0.717) is 13.0 Å². The summed E-state index contributed by atoms with van der Waals surface area (Å²) in [5.74, 6) is 1.08. The van der Waals surface area contributed by atoms with Gasteiger partial charge in [0.2, 0.25) is 5.91 Å². The number of aryl methyl sites for hydroxylation is 1. The zero-order chi connectivity index (χ0) is 13.7. The third-order valence-electron chi connectivity index (χ3n) is 3.54. The SMILES string of the molecule is CCc1ccc(OC)c(CN2CCNCCC2=O)c1. The molecule has 1 aliphatic rings. The Morgan fingerprint density at radius 3 is 2.95 bits per heavy atom. The molecule has 0 spiro atoms. The average Bonchev–Trinajstić information content (AvgIpc) is 2.64. The minimum absolute atomic E-state index is 0.217. The number of hydrogen-bond donors (Lipinski definition) is 1. The molecule has 0 radical (unpaired) electrons. The zero-order valence-corrected chi connectivity index (χ0v) is 11.7. The van der Waals surface area contributed by atoms with Crippen LogP contribution in [-0.4, -0.2) is 37.6 Å². The van der Waals surface area contributed by atoms with E-state index < -0.39 is 0 Å². The third kappa shape index (κ3) is 3.47. The van der Waals surface area contributed by atoms with Gasteiger partial charge in [-0.3, -0.25) is 4.79 Å². The first kappa shape index (κ1) is 13.9. The van der Waals surface area contributed by atoms with Gasteiger partial charge in [-0.1, -0.05) is 19.1 Å². The fourth-order valence-corrected chi connectivity index (χ4v) is 2.37. The highest BCUT2D eigenvalue weighted by Gasteiger charge is 2.18. The maximum Gasteiger partial charge on any atom is 0.224 e. The van der Waals surface area contributed by atoms with Crippen LogP contribution in [0.3, 0.4) is 0 Å². The van der Waals surface area contributed by atoms with E-state index in [1.165, 1.54) is 5.56 Å². The molecule has 0 unspecified atom stereocenters. The molecule has 0 aromatic heterocycles. The number of amides is 1. The van der Waals surface area contributed by atoms with E-state index in [0.717, 1.165) is 37.4 Å². The van der Waals surface area contributed by atoms with Crippen molar-refractivity contribution in [3.63, 3.8) is 0 Å². The normalized spacial score (nSPS) is 16.3. The molecule has 104 valence electrons. The number of carbonyl (C=O) groups is 1. The molecule has 1 aromatic rings. The molecule has 0 saturated carbocycles. The van der Waals surface area contributed by atoms with Crippen LogP contribution in [0.4, 0.5) is 0 Å². The van der Waals surface area contributed by atoms with E-state index in [2.05, 4.69) is 24.4 Å². The van der Waals surface area contributed by atoms with Crippen molar-refractivity contribution in [1.29, 1.82) is 0 Å². The average molecular weight is 262 g/mol. The number of rotatable bonds is 4. The van der Waals surface area contributed by atoms with E-state index in [9.17, 15) is 4.79 Å². The van der Waals surface area contributed by atoms with Crippen molar-refractivity contribution in [1.82, 2.24) is 10.2 Å². The molecule has 1 saturated heterocycles. The first-order chi connectivity index (χ1) is 9.24. The van der Waals surface area contributed by atoms with Crippen molar-refractivity contribution in [3.05, 3.63) is 29.3 Å². The molecule has 1 fully saturated rings. The van der Waals surface area contributed by atoms with Crippen LogP contribution in [0, 0.1) is 0 Å². The largest absolute Gasteiger partial charge is 0.496 e. The number of nitrogens with one attached hydrogen (secondary N) is 1. The highest BCUT2D eigenvalue weighted by molar-refractivity contribution is 5.76. The Bertz CT molecular complexity index is 446. The molecule has 4 nitrogen and oxygen atoms in total. The van der Waals surface area contributed by atoms with E-state index in [1.807, 2.05) is 11.0 Å². The summed E-state index contributed by atoms with van der Waals surface area (Å²) in [4.78, 5) is 13.9. The lowest BCUT2D eigenvalue weighted by atomic mass is 10.1. The lowest BCUT2D eigenvalue weighted by molar-refractivity contribution is -0.130. The first-order valence-corrected chi connectivity index (χ1v) is 6.89. The molecule has 0 aliphatic carbocycles. The Morgan fingerprint density at radius 2 is 2.21 bits per heavy atom. The van der Waals surface area contributed by atoms with Crippen LogP contribution >= 0.6 is 0 Å². The summed E-state index contributed by atoms with van der Waals surface area (Å²) in [6.45, 7) is 5.17. The molecule has 1 aromatic carbocycles. The Balaban J connectivity index is 2.18. The van der Waals surface area contributed by atoms with Gasteiger partial charge < -0.3 is 15.0 Å². The molecule has 1 amide bonds. The van der Waals surface area contributed by atoms with Crippen LogP contribution in [0.25, 0.3) is 0 Å². The second-order valence-electron chi connectivity index (χ2n) is 4.82. The van der Waals surface area contributed by atoms with E-state index >= 15 is 0 Å². The second-order valence-corrected chi connectivity index (χ2v) is 4.82. The van der Waals surface area contributed by atoms with Crippen LogP contribution in [-0.2, 0) is 17.8 Å². The lowest BCUT2D eigenvalue weighted by Gasteiger charge is -2.22. The van der Waals surface area contributed by atoms with Crippen molar-refractivity contribution in [3.8, 4) is 5.75 Å². The van der Waals surface area contributed by atoms with Crippen LogP contribution in [0.2, 0.25) is 0 Å². The molecular weight excluding hydrogens is 240 g/mol. The number of carbonyl (C=O) groups excluding carboxylic acids is 1. The van der Waals surface area contributed by atoms with E-state index in [1.54, 1.807) is 7.11 Å². The molecular formula is C15H22N2O2. The van der Waals surface area contributed by atoms with Crippen molar-refractivity contribution < 1.29 is 9.53 Å². The van der Waals surface area contributed by atoms with Gasteiger partial charge in [0.1, 0.15) is 5.75 Å². The maximum absolute atomic E-state index is 12.0. The number of ether oxygens (including phenoxy) is 1. The summed E-state index contributed by atoms with van der Waals surface area (Å²) in [7, 11) is 1.68. The Labute approximate surface area is 114 Å². The van der Waals surface area contributed by atoms with Crippen LogP contribution in [0.15, 0.2) is 18.2 Å². The Hall–Kier alpha value is -1.55. The highest BCUT2D eigenvalue weighted by atomic mass is 16.5. The molecule has 1 aliphatic heterocycles. The number of nitrogens with zero attached hydrogens (tertiary/aromatic N) is 1. The number of hydrogen-bond acceptors (Lipinski definition) is 3. The predicted molar refractivity (Wildman–Crippen MR) is 75.3 cm³/mol. The van der Waals surface area contributed by atoms with Crippen LogP contribution in [0.5, 0.6) is 5.75 Å². The molecule has 19 heavy (non-hydrogen) atoms. The van der Waals surface area contributed by atoms with Crippen molar-refractivity contribution in [2.75, 3.05) is 26.7 Å². The third-order valence-corrected chi connectivity index (χ3v) is 3.54. The zero-order valence-electron chi connectivity index (χ0n) is 11.7. The van der Waals surface area contributed by atoms with E-state index in [4.69, 9.17) is 4.74 Å². The first-order valence-electron chi connectivity index (χ1n) is 6.89. The number of methoxy groups -OCH3 is 1. The Kier molecular flexibility index (Phi) is 4.80. The van der Waals surface area contributed by atoms with Gasteiger partial charge in [-0.15, -0.1) is 0 Å². The monoisotopic (exact) mass is 262 g/mol. The summed E-state index contributed by atoms with van der Waals surface area (Å²) in [5.41, 5.74) is 2.37. The standard InChI is InChI=1S/C15H22N2O2/c1-3-12-4-5-14(19-2)13(10-12)11-17-9-8-16-7-6-15(17)18/h4-5,10,16H,3,6-9,11H2,1-2H3. The molecule has 0 bridgehead atoms. The fourth-order valence-electron chi connectivity index (χ4n) is 2.37. The van der Waals surface area contributed by atoms with Crippen LogP contribution < -0.4 is 10.1 Å². The van der Waals surface area contributed by atoms with E-state index in [-0.39, 0.29) is 5.91 Å². The fraction of sp³-hybridized carbons (Fsp3) is 0.533. The van der Waals surface area contributed by atoms with Gasteiger partial charge in [-0.05, 0) is 18.1 Å². The van der Waals surface area contributed by atoms with Gasteiger partial charge in [0.15, 0.2) is 0 Å². The van der Waals surface area contributed by atoms with Gasteiger partial charge >= 0.3 is 0 Å². The minimum Gasteiger partial charge on any atom is -0.496 e. The van der Waals surface area contributed by atoms with Gasteiger partial charge in [0.05, 0.1) is 7.11 Å². The van der Waals surface area contributed by atoms with Gasteiger partial charge in [-0.2, -0.15) is 0 Å². The predicted octanol–water partition coefficient (Wildman–Crippen LogP) is 1.58. The summed E-state index contributed by atoms with van der Waals surface area (Å²) in [6.07, 6.45) is 1.57. The van der Waals surface area contributed by atoms with Crippen molar-refractivity contribution >= 4 is 5.91 Å². The summed E-state index contributed by atoms with van der Waals surface area (Å²) >= 11 is 0. The quantitative estimate of drug-likeness (QED) is 0.895. The summed E-state index contributed by atoms with van der Waals surface area (Å²) in [6, 6.07) is 6.22.